The number of hydrogen-bond acceptors (Lipinski definition) is 10. The van der Waals surface area contributed by atoms with Crippen LogP contribution in [0.15, 0.2) is 0 Å². The second-order valence-corrected chi connectivity index (χ2v) is 5.60. The van der Waals surface area contributed by atoms with Crippen molar-refractivity contribution in [3.8, 4) is 0 Å². The van der Waals surface area contributed by atoms with Gasteiger partial charge in [-0.25, -0.2) is 4.79 Å². The number of hydrogen-bond donors (Lipinski definition) is 7. The number of ether oxygens (including phenoxy) is 3. The van der Waals surface area contributed by atoms with Crippen LogP contribution in [0.25, 0.3) is 0 Å². The molecule has 0 aliphatic carbocycles. The van der Waals surface area contributed by atoms with Crippen molar-refractivity contribution in [1.29, 1.82) is 0 Å². The van der Waals surface area contributed by atoms with Crippen molar-refractivity contribution in [2.45, 2.75) is 61.7 Å². The van der Waals surface area contributed by atoms with Crippen LogP contribution in [0.2, 0.25) is 0 Å². The summed E-state index contributed by atoms with van der Waals surface area (Å²) in [6, 6.07) is 0. The first-order valence-corrected chi connectivity index (χ1v) is 6.90. The van der Waals surface area contributed by atoms with E-state index in [1.165, 1.54) is 6.92 Å². The van der Waals surface area contributed by atoms with E-state index in [2.05, 4.69) is 4.74 Å². The van der Waals surface area contributed by atoms with Crippen molar-refractivity contribution < 1.29 is 54.8 Å². The molecule has 0 spiro atoms. The van der Waals surface area contributed by atoms with Crippen LogP contribution in [0.5, 0.6) is 0 Å². The third kappa shape index (κ3) is 3.20. The van der Waals surface area contributed by atoms with Crippen molar-refractivity contribution in [2.75, 3.05) is 6.61 Å². The van der Waals surface area contributed by atoms with Gasteiger partial charge < -0.3 is 50.0 Å². The highest BCUT2D eigenvalue weighted by Crippen LogP contribution is 2.29. The average Bonchev–Trinajstić information content (AvgIpc) is 2.50. The molecule has 2 saturated heterocycles. The normalized spacial score (nSPS) is 51.4. The standard InChI is InChI=1S/C12H20O11/c1-3-5(13)7(15)8(16)10(22-3)23-4-2-21-12(20,11(18)19)9(17)6(4)14/h3-10,13-17,20H,2H2,1H3,(H,18,19)/t3-,4+,5+,6-,7+,8-,9-,10-,12-/m0/s1. The van der Waals surface area contributed by atoms with E-state index < -0.39 is 67.4 Å². The highest BCUT2D eigenvalue weighted by atomic mass is 16.7. The van der Waals surface area contributed by atoms with Crippen LogP contribution in [0.1, 0.15) is 6.92 Å². The third-order valence-electron chi connectivity index (χ3n) is 4.00. The van der Waals surface area contributed by atoms with E-state index in [1.54, 1.807) is 0 Å². The Hall–Kier alpha value is -0.890. The van der Waals surface area contributed by atoms with Crippen LogP contribution >= 0.6 is 0 Å². The van der Waals surface area contributed by atoms with E-state index >= 15 is 0 Å². The number of aliphatic hydroxyl groups is 6. The molecule has 11 heteroatoms. The summed E-state index contributed by atoms with van der Waals surface area (Å²) in [7, 11) is 0. The fourth-order valence-corrected chi connectivity index (χ4v) is 2.43. The molecule has 23 heavy (non-hydrogen) atoms. The summed E-state index contributed by atoms with van der Waals surface area (Å²) >= 11 is 0. The third-order valence-corrected chi connectivity index (χ3v) is 4.00. The molecule has 2 rings (SSSR count). The Kier molecular flexibility index (Phi) is 5.25. The summed E-state index contributed by atoms with van der Waals surface area (Å²) in [5.41, 5.74) is 0. The van der Waals surface area contributed by atoms with E-state index in [-0.39, 0.29) is 0 Å². The van der Waals surface area contributed by atoms with Crippen molar-refractivity contribution in [3.05, 3.63) is 0 Å². The Bertz CT molecular complexity index is 445. The van der Waals surface area contributed by atoms with Gasteiger partial charge in [0.25, 0.3) is 5.79 Å². The van der Waals surface area contributed by atoms with Gasteiger partial charge in [0.2, 0.25) is 0 Å². The number of carboxylic acids is 1. The fourth-order valence-electron chi connectivity index (χ4n) is 2.43. The summed E-state index contributed by atoms with van der Waals surface area (Å²) in [6.45, 7) is 0.794. The number of rotatable bonds is 3. The Labute approximate surface area is 130 Å². The summed E-state index contributed by atoms with van der Waals surface area (Å²) in [6.07, 6.45) is -12.3. The van der Waals surface area contributed by atoms with Gasteiger partial charge in [-0.05, 0) is 6.92 Å². The van der Waals surface area contributed by atoms with Gasteiger partial charge in [0.15, 0.2) is 6.29 Å². The molecule has 2 aliphatic rings. The lowest BCUT2D eigenvalue weighted by molar-refractivity contribution is -0.354. The SMILES string of the molecule is C[C@@H]1O[C@@H](O[C@@H]2CO[C@](O)(C(=O)O)[C@@H](O)[C@H]2O)[C@@H](O)[C@H](O)[C@@H]1O. The maximum Gasteiger partial charge on any atom is 0.367 e. The smallest absolute Gasteiger partial charge is 0.367 e. The molecule has 0 unspecified atom stereocenters. The van der Waals surface area contributed by atoms with Gasteiger partial charge >= 0.3 is 5.97 Å². The van der Waals surface area contributed by atoms with Gasteiger partial charge in [-0.1, -0.05) is 0 Å². The van der Waals surface area contributed by atoms with E-state index in [9.17, 15) is 35.4 Å². The van der Waals surface area contributed by atoms with Crippen LogP contribution in [0, 0.1) is 0 Å². The summed E-state index contributed by atoms with van der Waals surface area (Å²) in [5.74, 6) is -4.88. The van der Waals surface area contributed by atoms with Crippen LogP contribution in [0.3, 0.4) is 0 Å². The van der Waals surface area contributed by atoms with E-state index in [4.69, 9.17) is 14.6 Å². The molecule has 7 N–H and O–H groups in total. The lowest BCUT2D eigenvalue weighted by Crippen LogP contribution is -2.66. The van der Waals surface area contributed by atoms with Crippen molar-refractivity contribution in [3.63, 3.8) is 0 Å². The zero-order chi connectivity index (χ0) is 17.5. The maximum atomic E-state index is 10.9. The minimum absolute atomic E-state index is 0.624. The van der Waals surface area contributed by atoms with E-state index in [1.807, 2.05) is 0 Å². The van der Waals surface area contributed by atoms with Crippen molar-refractivity contribution in [2.24, 2.45) is 0 Å². The Morgan fingerprint density at radius 2 is 1.70 bits per heavy atom. The van der Waals surface area contributed by atoms with E-state index in [0.29, 0.717) is 0 Å². The van der Waals surface area contributed by atoms with Crippen molar-refractivity contribution in [1.82, 2.24) is 0 Å². The van der Waals surface area contributed by atoms with Gasteiger partial charge in [0.1, 0.15) is 36.6 Å². The summed E-state index contributed by atoms with van der Waals surface area (Å²) < 4.78 is 15.0. The highest BCUT2D eigenvalue weighted by molar-refractivity contribution is 5.76. The molecule has 0 aromatic rings. The highest BCUT2D eigenvalue weighted by Gasteiger charge is 2.56. The maximum absolute atomic E-state index is 10.9. The predicted octanol–water partition coefficient (Wildman–Crippen LogP) is -4.28. The van der Waals surface area contributed by atoms with Crippen LogP contribution < -0.4 is 0 Å². The van der Waals surface area contributed by atoms with Gasteiger partial charge in [-0.15, -0.1) is 0 Å². The number of aliphatic hydroxyl groups excluding tert-OH is 5. The molecule has 134 valence electrons. The lowest BCUT2D eigenvalue weighted by Gasteiger charge is -2.44. The topological polar surface area (TPSA) is 186 Å². The monoisotopic (exact) mass is 340 g/mol. The molecule has 0 aromatic heterocycles. The molecule has 0 saturated carbocycles. The van der Waals surface area contributed by atoms with Gasteiger partial charge in [0, 0.05) is 0 Å². The van der Waals surface area contributed by atoms with Gasteiger partial charge in [-0.3, -0.25) is 0 Å². The molecule has 2 heterocycles. The molecule has 0 bridgehead atoms. The van der Waals surface area contributed by atoms with Gasteiger partial charge in [0.05, 0.1) is 12.7 Å². The van der Waals surface area contributed by atoms with Crippen LogP contribution in [-0.4, -0.2) is 103 Å². The molecule has 2 aliphatic heterocycles. The second-order valence-electron chi connectivity index (χ2n) is 5.60. The van der Waals surface area contributed by atoms with E-state index in [0.717, 1.165) is 0 Å². The molecular weight excluding hydrogens is 320 g/mol. The van der Waals surface area contributed by atoms with Gasteiger partial charge in [-0.2, -0.15) is 0 Å². The molecular formula is C12H20O11. The lowest BCUT2D eigenvalue weighted by atomic mass is 9.96. The van der Waals surface area contributed by atoms with Crippen LogP contribution in [0.4, 0.5) is 0 Å². The molecule has 9 atom stereocenters. The molecule has 11 nitrogen and oxygen atoms in total. The minimum Gasteiger partial charge on any atom is -0.477 e. The first kappa shape index (κ1) is 18.4. The zero-order valence-corrected chi connectivity index (χ0v) is 12.1. The van der Waals surface area contributed by atoms with Crippen LogP contribution in [-0.2, 0) is 19.0 Å². The quantitative estimate of drug-likeness (QED) is 0.263. The molecule has 0 amide bonds. The predicted molar refractivity (Wildman–Crippen MR) is 67.8 cm³/mol. The summed E-state index contributed by atoms with van der Waals surface area (Å²) in [5, 5.41) is 67.1. The number of carbonyl (C=O) groups is 1. The largest absolute Gasteiger partial charge is 0.477 e. The molecule has 0 aromatic carbocycles. The first-order valence-electron chi connectivity index (χ1n) is 6.90. The molecule has 0 radical (unpaired) electrons. The zero-order valence-electron chi connectivity index (χ0n) is 12.1. The number of aliphatic carboxylic acids is 1. The Balaban J connectivity index is 2.05. The second kappa shape index (κ2) is 6.55. The van der Waals surface area contributed by atoms with Crippen molar-refractivity contribution >= 4 is 5.97 Å². The fraction of sp³-hybridized carbons (Fsp3) is 0.917. The molecule has 2 fully saturated rings. The first-order chi connectivity index (χ1) is 10.6. The minimum atomic E-state index is -2.99. The average molecular weight is 340 g/mol. The summed E-state index contributed by atoms with van der Waals surface area (Å²) in [4.78, 5) is 10.9. The Morgan fingerprint density at radius 1 is 1.09 bits per heavy atom. The number of carboxylic acid groups (broad SMARTS) is 1. The Morgan fingerprint density at radius 3 is 2.26 bits per heavy atom.